The quantitative estimate of drug-likeness (QED) is 0.175. The molecule has 9 heteroatoms. The number of ether oxygens (including phenoxy) is 4. The fraction of sp³-hybridized carbons (Fsp3) is 0.500. The van der Waals surface area contributed by atoms with Gasteiger partial charge >= 0.3 is 0 Å². The minimum Gasteiger partial charge on any atom is -0.497 e. The Morgan fingerprint density at radius 2 is 2.03 bits per heavy atom. The lowest BCUT2D eigenvalue weighted by Crippen LogP contribution is -2.37. The van der Waals surface area contributed by atoms with Crippen LogP contribution in [-0.4, -0.2) is 57.1 Å². The summed E-state index contributed by atoms with van der Waals surface area (Å²) in [7, 11) is 1.67. The molecule has 1 aromatic carbocycles. The Labute approximate surface area is 213 Å². The largest absolute Gasteiger partial charge is 0.497 e. The van der Waals surface area contributed by atoms with Gasteiger partial charge in [0.25, 0.3) is 0 Å². The molecule has 0 aliphatic carbocycles. The lowest BCUT2D eigenvalue weighted by molar-refractivity contribution is 0.138. The highest BCUT2D eigenvalue weighted by atomic mass is 127. The van der Waals surface area contributed by atoms with Crippen molar-refractivity contribution < 1.29 is 18.9 Å². The van der Waals surface area contributed by atoms with E-state index in [1.807, 2.05) is 43.3 Å². The van der Waals surface area contributed by atoms with Gasteiger partial charge in [-0.15, -0.1) is 24.0 Å². The third-order valence-electron chi connectivity index (χ3n) is 4.98. The standard InChI is InChI=1S/C24H34N4O4.HI/c1-3-30-13-4-11-26-24(27-16-19-5-7-21(29-2)8-6-19)28-17-20-9-12-25-23(15-20)32-22-10-14-31-18-22;/h5-9,12,15,22H,3-4,10-11,13-14,16-18H2,1-2H3,(H2,26,27,28);1H. The molecule has 8 nitrogen and oxygen atoms in total. The Bertz CT molecular complexity index is 829. The second-order valence-corrected chi connectivity index (χ2v) is 7.45. The van der Waals surface area contributed by atoms with Crippen LogP contribution in [0.4, 0.5) is 0 Å². The summed E-state index contributed by atoms with van der Waals surface area (Å²) in [6.07, 6.45) is 3.65. The topological polar surface area (TPSA) is 86.2 Å². The van der Waals surface area contributed by atoms with Gasteiger partial charge in [-0.3, -0.25) is 0 Å². The van der Waals surface area contributed by atoms with Gasteiger partial charge in [0.1, 0.15) is 11.9 Å². The average molecular weight is 570 g/mol. The predicted octanol–water partition coefficient (Wildman–Crippen LogP) is 3.54. The van der Waals surface area contributed by atoms with E-state index in [0.717, 1.165) is 62.0 Å². The molecule has 1 aromatic heterocycles. The van der Waals surface area contributed by atoms with E-state index in [0.29, 0.717) is 25.6 Å². The summed E-state index contributed by atoms with van der Waals surface area (Å²) in [5.74, 6) is 2.21. The molecule has 0 amide bonds. The Morgan fingerprint density at radius 1 is 1.18 bits per heavy atom. The van der Waals surface area contributed by atoms with E-state index in [1.165, 1.54) is 0 Å². The van der Waals surface area contributed by atoms with Crippen molar-refractivity contribution in [2.75, 3.05) is 40.1 Å². The minimum absolute atomic E-state index is 0. The number of hydrogen-bond acceptors (Lipinski definition) is 6. The number of methoxy groups -OCH3 is 1. The number of aromatic nitrogens is 1. The second kappa shape index (κ2) is 15.7. The van der Waals surface area contributed by atoms with Crippen LogP contribution in [-0.2, 0) is 22.6 Å². The molecule has 1 aliphatic rings. The van der Waals surface area contributed by atoms with E-state index in [1.54, 1.807) is 13.3 Å². The van der Waals surface area contributed by atoms with Crippen molar-refractivity contribution in [1.82, 2.24) is 15.6 Å². The zero-order valence-corrected chi connectivity index (χ0v) is 21.7. The minimum atomic E-state index is 0. The van der Waals surface area contributed by atoms with E-state index in [9.17, 15) is 0 Å². The zero-order valence-electron chi connectivity index (χ0n) is 19.4. The molecule has 2 N–H and O–H groups in total. The summed E-state index contributed by atoms with van der Waals surface area (Å²) in [6, 6.07) is 11.9. The Morgan fingerprint density at radius 3 is 2.76 bits per heavy atom. The molecule has 0 spiro atoms. The molecular weight excluding hydrogens is 535 g/mol. The lowest BCUT2D eigenvalue weighted by Gasteiger charge is -2.14. The van der Waals surface area contributed by atoms with Crippen LogP contribution in [0.5, 0.6) is 11.6 Å². The first-order chi connectivity index (χ1) is 15.8. The maximum atomic E-state index is 5.91. The van der Waals surface area contributed by atoms with Crippen molar-refractivity contribution in [2.24, 2.45) is 4.99 Å². The lowest BCUT2D eigenvalue weighted by atomic mass is 10.2. The van der Waals surface area contributed by atoms with E-state index in [-0.39, 0.29) is 30.1 Å². The zero-order chi connectivity index (χ0) is 22.4. The number of halogens is 1. The molecule has 0 saturated carbocycles. The van der Waals surface area contributed by atoms with Gasteiger partial charge in [-0.1, -0.05) is 12.1 Å². The number of pyridine rings is 1. The van der Waals surface area contributed by atoms with Crippen molar-refractivity contribution in [1.29, 1.82) is 0 Å². The smallest absolute Gasteiger partial charge is 0.213 e. The highest BCUT2D eigenvalue weighted by molar-refractivity contribution is 14.0. The number of hydrogen-bond donors (Lipinski definition) is 2. The molecule has 33 heavy (non-hydrogen) atoms. The van der Waals surface area contributed by atoms with Gasteiger partial charge in [0, 0.05) is 45.0 Å². The second-order valence-electron chi connectivity index (χ2n) is 7.45. The van der Waals surface area contributed by atoms with Crippen LogP contribution in [0, 0.1) is 0 Å². The first-order valence-electron chi connectivity index (χ1n) is 11.2. The van der Waals surface area contributed by atoms with E-state index in [2.05, 4.69) is 15.6 Å². The highest BCUT2D eigenvalue weighted by Gasteiger charge is 2.17. The molecule has 1 atom stereocenters. The van der Waals surface area contributed by atoms with Gasteiger partial charge in [0.05, 0.1) is 26.9 Å². The number of nitrogens with zero attached hydrogens (tertiary/aromatic N) is 2. The van der Waals surface area contributed by atoms with Crippen molar-refractivity contribution in [3.8, 4) is 11.6 Å². The molecule has 1 unspecified atom stereocenters. The molecular formula is C24H35IN4O4. The molecule has 0 bridgehead atoms. The van der Waals surface area contributed by atoms with E-state index < -0.39 is 0 Å². The normalized spacial score (nSPS) is 15.6. The van der Waals surface area contributed by atoms with Gasteiger partial charge in [-0.2, -0.15) is 0 Å². The van der Waals surface area contributed by atoms with Gasteiger partial charge in [0.2, 0.25) is 5.88 Å². The Balaban J connectivity index is 0.00000385. The molecule has 0 radical (unpaired) electrons. The van der Waals surface area contributed by atoms with E-state index >= 15 is 0 Å². The van der Waals surface area contributed by atoms with Crippen molar-refractivity contribution in [3.63, 3.8) is 0 Å². The summed E-state index contributed by atoms with van der Waals surface area (Å²) >= 11 is 0. The first kappa shape index (κ1) is 27.1. The molecule has 182 valence electrons. The number of nitrogens with one attached hydrogen (secondary N) is 2. The summed E-state index contributed by atoms with van der Waals surface area (Å²) in [4.78, 5) is 9.07. The monoisotopic (exact) mass is 570 g/mol. The van der Waals surface area contributed by atoms with Gasteiger partial charge < -0.3 is 29.6 Å². The average Bonchev–Trinajstić information content (AvgIpc) is 3.34. The van der Waals surface area contributed by atoms with Gasteiger partial charge in [-0.05, 0) is 42.7 Å². The molecule has 1 fully saturated rings. The molecule has 1 saturated heterocycles. The number of aliphatic imine (C=N–C) groups is 1. The Hall–Kier alpha value is -2.11. The van der Waals surface area contributed by atoms with Crippen LogP contribution >= 0.6 is 24.0 Å². The summed E-state index contributed by atoms with van der Waals surface area (Å²) in [5.41, 5.74) is 2.18. The third-order valence-corrected chi connectivity index (χ3v) is 4.98. The van der Waals surface area contributed by atoms with Crippen LogP contribution in [0.2, 0.25) is 0 Å². The molecule has 1 aliphatic heterocycles. The molecule has 2 heterocycles. The van der Waals surface area contributed by atoms with Crippen LogP contribution < -0.4 is 20.1 Å². The molecule has 2 aromatic rings. The summed E-state index contributed by atoms with van der Waals surface area (Å²) in [6.45, 7) is 6.78. The maximum absolute atomic E-state index is 5.91. The summed E-state index contributed by atoms with van der Waals surface area (Å²) in [5, 5.41) is 6.79. The van der Waals surface area contributed by atoms with E-state index in [4.69, 9.17) is 23.9 Å². The maximum Gasteiger partial charge on any atom is 0.213 e. The fourth-order valence-corrected chi connectivity index (χ4v) is 3.19. The number of rotatable bonds is 12. The summed E-state index contributed by atoms with van der Waals surface area (Å²) < 4.78 is 21.9. The van der Waals surface area contributed by atoms with Crippen LogP contribution in [0.25, 0.3) is 0 Å². The fourth-order valence-electron chi connectivity index (χ4n) is 3.19. The molecule has 3 rings (SSSR count). The number of benzene rings is 1. The van der Waals surface area contributed by atoms with Crippen LogP contribution in [0.1, 0.15) is 30.9 Å². The SMILES string of the molecule is CCOCCCNC(=NCc1ccnc(OC2CCOC2)c1)NCc1ccc(OC)cc1.I. The predicted molar refractivity (Wildman–Crippen MR) is 140 cm³/mol. The van der Waals surface area contributed by atoms with Crippen molar-refractivity contribution in [2.45, 2.75) is 39.0 Å². The van der Waals surface area contributed by atoms with Crippen LogP contribution in [0.15, 0.2) is 47.6 Å². The van der Waals surface area contributed by atoms with Gasteiger partial charge in [-0.25, -0.2) is 9.98 Å². The third kappa shape index (κ3) is 10.1. The van der Waals surface area contributed by atoms with Crippen molar-refractivity contribution in [3.05, 3.63) is 53.7 Å². The van der Waals surface area contributed by atoms with Crippen LogP contribution in [0.3, 0.4) is 0 Å². The number of guanidine groups is 1. The van der Waals surface area contributed by atoms with Crippen molar-refractivity contribution >= 4 is 29.9 Å². The van der Waals surface area contributed by atoms with Gasteiger partial charge in [0.15, 0.2) is 5.96 Å². The first-order valence-corrected chi connectivity index (χ1v) is 11.2. The Kier molecular flexibility index (Phi) is 12.9. The highest BCUT2D eigenvalue weighted by Crippen LogP contribution is 2.16.